The molecule has 4 aromatic rings. The lowest BCUT2D eigenvalue weighted by atomic mass is 10.1. The van der Waals surface area contributed by atoms with Gasteiger partial charge in [0.1, 0.15) is 11.6 Å². The molecule has 0 aliphatic rings. The number of H-pyrrole nitrogens is 1. The van der Waals surface area contributed by atoms with Crippen molar-refractivity contribution in [1.29, 1.82) is 0 Å². The Balaban J connectivity index is 1.53. The molecule has 32 heavy (non-hydrogen) atoms. The van der Waals surface area contributed by atoms with Crippen LogP contribution < -0.4 is 14.8 Å². The van der Waals surface area contributed by atoms with Crippen LogP contribution in [0.2, 0.25) is 0 Å². The van der Waals surface area contributed by atoms with Gasteiger partial charge in [0.05, 0.1) is 24.1 Å². The van der Waals surface area contributed by atoms with Gasteiger partial charge >= 0.3 is 0 Å². The van der Waals surface area contributed by atoms with Gasteiger partial charge in [-0.3, -0.25) is 9.52 Å². The molecule has 0 atom stereocenters. The van der Waals surface area contributed by atoms with Crippen LogP contribution in [0, 0.1) is 5.82 Å². The van der Waals surface area contributed by atoms with Crippen molar-refractivity contribution < 1.29 is 22.3 Å². The third kappa shape index (κ3) is 4.57. The largest absolute Gasteiger partial charge is 0.495 e. The van der Waals surface area contributed by atoms with Crippen LogP contribution in [0.25, 0.3) is 10.9 Å². The first kappa shape index (κ1) is 21.4. The van der Waals surface area contributed by atoms with Crippen molar-refractivity contribution >= 4 is 38.2 Å². The van der Waals surface area contributed by atoms with E-state index in [0.717, 1.165) is 40.7 Å². The van der Waals surface area contributed by atoms with Crippen molar-refractivity contribution in [3.63, 3.8) is 0 Å². The van der Waals surface area contributed by atoms with E-state index in [2.05, 4.69) is 15.0 Å². The molecule has 164 valence electrons. The number of methoxy groups -OCH3 is 1. The smallest absolute Gasteiger partial charge is 0.262 e. The van der Waals surface area contributed by atoms with Crippen LogP contribution in [0.5, 0.6) is 5.75 Å². The summed E-state index contributed by atoms with van der Waals surface area (Å²) in [4.78, 5) is 15.6. The van der Waals surface area contributed by atoms with E-state index in [4.69, 9.17) is 4.74 Å². The second kappa shape index (κ2) is 8.72. The summed E-state index contributed by atoms with van der Waals surface area (Å²) >= 11 is 0. The van der Waals surface area contributed by atoms with Crippen molar-refractivity contribution in [3.8, 4) is 5.75 Å². The van der Waals surface area contributed by atoms with Crippen LogP contribution in [-0.2, 0) is 21.2 Å². The lowest BCUT2D eigenvalue weighted by Gasteiger charge is -2.14. The molecule has 9 heteroatoms. The number of aromatic nitrogens is 1. The highest BCUT2D eigenvalue weighted by molar-refractivity contribution is 7.92. The number of hydrogen-bond donors (Lipinski definition) is 3. The van der Waals surface area contributed by atoms with Gasteiger partial charge in [-0.2, -0.15) is 0 Å². The number of sulfonamides is 1. The van der Waals surface area contributed by atoms with E-state index in [1.807, 2.05) is 24.3 Å². The first-order valence-corrected chi connectivity index (χ1v) is 11.2. The van der Waals surface area contributed by atoms with Gasteiger partial charge in [-0.25, -0.2) is 12.8 Å². The normalized spacial score (nSPS) is 11.3. The fourth-order valence-electron chi connectivity index (χ4n) is 3.34. The summed E-state index contributed by atoms with van der Waals surface area (Å²) in [5.74, 6) is -0.529. The van der Waals surface area contributed by atoms with E-state index in [0.29, 0.717) is 5.69 Å². The number of carbonyl (C=O) groups excluding carboxylic acids is 1. The molecule has 0 bridgehead atoms. The number of rotatable bonds is 7. The molecule has 0 radical (unpaired) electrons. The summed E-state index contributed by atoms with van der Waals surface area (Å²) in [6.07, 6.45) is 1.94. The molecule has 0 spiro atoms. The highest BCUT2D eigenvalue weighted by atomic mass is 32.2. The zero-order valence-corrected chi connectivity index (χ0v) is 17.9. The number of anilines is 2. The Morgan fingerprint density at radius 1 is 1.06 bits per heavy atom. The molecule has 1 aromatic heterocycles. The standard InChI is InChI=1S/C23H20FN3O4S/c1-31-22-11-8-17(13-21(22)27-32(29,30)18-9-6-16(24)7-10-18)26-23(28)12-15-14-25-20-5-3-2-4-19(15)20/h2-11,13-14,25,27H,12H2,1H3,(H,26,28). The van der Waals surface area contributed by atoms with Crippen molar-refractivity contribution in [2.75, 3.05) is 17.1 Å². The third-order valence-electron chi connectivity index (χ3n) is 4.88. The molecule has 3 aromatic carbocycles. The van der Waals surface area contributed by atoms with Crippen molar-refractivity contribution in [1.82, 2.24) is 4.98 Å². The van der Waals surface area contributed by atoms with Crippen molar-refractivity contribution in [2.45, 2.75) is 11.3 Å². The summed E-state index contributed by atoms with van der Waals surface area (Å²) < 4.78 is 46.1. The number of amides is 1. The average molecular weight is 453 g/mol. The molecule has 0 unspecified atom stereocenters. The predicted octanol–water partition coefficient (Wildman–Crippen LogP) is 4.30. The van der Waals surface area contributed by atoms with Crippen molar-refractivity contribution in [2.24, 2.45) is 0 Å². The number of ether oxygens (including phenoxy) is 1. The molecule has 0 saturated heterocycles. The lowest BCUT2D eigenvalue weighted by Crippen LogP contribution is -2.16. The van der Waals surface area contributed by atoms with Crippen LogP contribution in [0.4, 0.5) is 15.8 Å². The number of halogens is 1. The van der Waals surface area contributed by atoms with E-state index >= 15 is 0 Å². The van der Waals surface area contributed by atoms with Gasteiger partial charge in [-0.05, 0) is 54.1 Å². The van der Waals surface area contributed by atoms with Gasteiger partial charge in [0.2, 0.25) is 5.91 Å². The second-order valence-corrected chi connectivity index (χ2v) is 8.74. The summed E-state index contributed by atoms with van der Waals surface area (Å²) in [5, 5.41) is 3.74. The monoisotopic (exact) mass is 453 g/mol. The number of benzene rings is 3. The van der Waals surface area contributed by atoms with E-state index in [1.54, 1.807) is 18.3 Å². The Bertz CT molecular complexity index is 1380. The topological polar surface area (TPSA) is 100 Å². The van der Waals surface area contributed by atoms with E-state index in [-0.39, 0.29) is 28.7 Å². The number of para-hydroxylation sites is 1. The maximum Gasteiger partial charge on any atom is 0.262 e. The number of fused-ring (bicyclic) bond motifs is 1. The fraction of sp³-hybridized carbons (Fsp3) is 0.0870. The molecule has 7 nitrogen and oxygen atoms in total. The van der Waals surface area contributed by atoms with Gasteiger partial charge in [0, 0.05) is 22.8 Å². The van der Waals surface area contributed by atoms with Gasteiger partial charge in [-0.1, -0.05) is 18.2 Å². The summed E-state index contributed by atoms with van der Waals surface area (Å²) in [7, 11) is -2.58. The Morgan fingerprint density at radius 2 is 1.81 bits per heavy atom. The van der Waals surface area contributed by atoms with Crippen LogP contribution >= 0.6 is 0 Å². The Hall–Kier alpha value is -3.85. The zero-order chi connectivity index (χ0) is 22.7. The average Bonchev–Trinajstić information content (AvgIpc) is 3.17. The third-order valence-corrected chi connectivity index (χ3v) is 6.26. The first-order chi connectivity index (χ1) is 15.4. The van der Waals surface area contributed by atoms with Crippen molar-refractivity contribution in [3.05, 3.63) is 84.3 Å². The Morgan fingerprint density at radius 3 is 2.56 bits per heavy atom. The molecule has 0 aliphatic heterocycles. The van der Waals surface area contributed by atoms with Gasteiger partial charge in [0.15, 0.2) is 0 Å². The minimum atomic E-state index is -3.99. The van der Waals surface area contributed by atoms with E-state index < -0.39 is 15.8 Å². The molecular weight excluding hydrogens is 433 g/mol. The first-order valence-electron chi connectivity index (χ1n) is 9.67. The fourth-order valence-corrected chi connectivity index (χ4v) is 4.40. The second-order valence-electron chi connectivity index (χ2n) is 7.06. The summed E-state index contributed by atoms with van der Waals surface area (Å²) in [6, 6.07) is 16.8. The molecule has 0 saturated carbocycles. The highest BCUT2D eigenvalue weighted by Gasteiger charge is 2.18. The maximum absolute atomic E-state index is 13.1. The minimum absolute atomic E-state index is 0.102. The van der Waals surface area contributed by atoms with Crippen LogP contribution in [0.1, 0.15) is 5.56 Å². The molecule has 0 fully saturated rings. The summed E-state index contributed by atoms with van der Waals surface area (Å²) in [5.41, 5.74) is 2.33. The van der Waals surface area contributed by atoms with Crippen LogP contribution in [-0.4, -0.2) is 26.4 Å². The van der Waals surface area contributed by atoms with Gasteiger partial charge < -0.3 is 15.0 Å². The van der Waals surface area contributed by atoms with E-state index in [9.17, 15) is 17.6 Å². The molecule has 4 rings (SSSR count). The Kier molecular flexibility index (Phi) is 5.83. The zero-order valence-electron chi connectivity index (χ0n) is 17.1. The molecular formula is C23H20FN3O4S. The molecule has 1 heterocycles. The van der Waals surface area contributed by atoms with Crippen LogP contribution in [0.15, 0.2) is 77.8 Å². The molecule has 0 aliphatic carbocycles. The van der Waals surface area contributed by atoms with E-state index in [1.165, 1.54) is 13.2 Å². The predicted molar refractivity (Wildman–Crippen MR) is 121 cm³/mol. The maximum atomic E-state index is 13.1. The number of carbonyl (C=O) groups is 1. The SMILES string of the molecule is COc1ccc(NC(=O)Cc2c[nH]c3ccccc23)cc1NS(=O)(=O)c1ccc(F)cc1. The van der Waals surface area contributed by atoms with Gasteiger partial charge in [0.25, 0.3) is 10.0 Å². The number of hydrogen-bond acceptors (Lipinski definition) is 4. The number of nitrogens with one attached hydrogen (secondary N) is 3. The molecule has 3 N–H and O–H groups in total. The number of aromatic amines is 1. The quantitative estimate of drug-likeness (QED) is 0.388. The highest BCUT2D eigenvalue weighted by Crippen LogP contribution is 2.30. The van der Waals surface area contributed by atoms with Gasteiger partial charge in [-0.15, -0.1) is 0 Å². The Labute approximate surface area is 184 Å². The minimum Gasteiger partial charge on any atom is -0.495 e. The lowest BCUT2D eigenvalue weighted by molar-refractivity contribution is -0.115. The summed E-state index contributed by atoms with van der Waals surface area (Å²) in [6.45, 7) is 0. The molecule has 1 amide bonds. The van der Waals surface area contributed by atoms with Crippen LogP contribution in [0.3, 0.4) is 0 Å².